The zero-order valence-electron chi connectivity index (χ0n) is 10.8. The van der Waals surface area contributed by atoms with E-state index in [0.29, 0.717) is 0 Å². The lowest BCUT2D eigenvalue weighted by Crippen LogP contribution is -2.14. The highest BCUT2D eigenvalue weighted by Crippen LogP contribution is 2.08. The predicted molar refractivity (Wildman–Crippen MR) is 70.4 cm³/mol. The van der Waals surface area contributed by atoms with Gasteiger partial charge < -0.3 is 10.3 Å². The third kappa shape index (κ3) is 6.67. The molecule has 0 atom stereocenters. The fourth-order valence-corrected chi connectivity index (χ4v) is 1.86. The van der Waals surface area contributed by atoms with Crippen LogP contribution < -0.4 is 5.32 Å². The van der Waals surface area contributed by atoms with Gasteiger partial charge in [-0.25, -0.2) is 0 Å². The van der Waals surface area contributed by atoms with Gasteiger partial charge in [-0.1, -0.05) is 39.5 Å². The molecule has 0 aliphatic heterocycles. The summed E-state index contributed by atoms with van der Waals surface area (Å²) in [4.78, 5) is 3.20. The summed E-state index contributed by atoms with van der Waals surface area (Å²) in [5.74, 6) is 0.867. The normalized spacial score (nSPS) is 11.2. The summed E-state index contributed by atoms with van der Waals surface area (Å²) >= 11 is 0. The van der Waals surface area contributed by atoms with Crippen LogP contribution in [0.4, 0.5) is 0 Å². The van der Waals surface area contributed by atoms with Gasteiger partial charge >= 0.3 is 0 Å². The molecule has 0 unspecified atom stereocenters. The molecule has 16 heavy (non-hydrogen) atoms. The zero-order valence-corrected chi connectivity index (χ0v) is 10.8. The van der Waals surface area contributed by atoms with E-state index in [1.54, 1.807) is 0 Å². The average molecular weight is 222 g/mol. The average Bonchev–Trinajstić information content (AvgIpc) is 2.74. The third-order valence-corrected chi connectivity index (χ3v) is 2.86. The molecule has 0 saturated carbocycles. The molecule has 2 N–H and O–H groups in total. The lowest BCUT2D eigenvalue weighted by molar-refractivity contribution is 0.512. The van der Waals surface area contributed by atoms with Gasteiger partial charge in [-0.2, -0.15) is 0 Å². The SMILES string of the molecule is CC(C)CCCCCCNCc1ccc[nH]1. The first-order valence-corrected chi connectivity index (χ1v) is 6.62. The predicted octanol–water partition coefficient (Wildman–Crippen LogP) is 3.71. The highest BCUT2D eigenvalue weighted by atomic mass is 14.9. The van der Waals surface area contributed by atoms with Crippen molar-refractivity contribution in [1.82, 2.24) is 10.3 Å². The van der Waals surface area contributed by atoms with Crippen LogP contribution in [0.25, 0.3) is 0 Å². The number of aromatic nitrogens is 1. The minimum Gasteiger partial charge on any atom is -0.364 e. The molecule has 0 saturated heterocycles. The van der Waals surface area contributed by atoms with Crippen molar-refractivity contribution in [3.8, 4) is 0 Å². The Morgan fingerprint density at radius 1 is 1.19 bits per heavy atom. The van der Waals surface area contributed by atoms with Crippen LogP contribution in [-0.4, -0.2) is 11.5 Å². The standard InChI is InChI=1S/C14H26N2/c1-13(2)8-5-3-4-6-10-15-12-14-9-7-11-16-14/h7,9,11,13,15-16H,3-6,8,10,12H2,1-2H3. The van der Waals surface area contributed by atoms with Gasteiger partial charge in [-0.3, -0.25) is 0 Å². The highest BCUT2D eigenvalue weighted by molar-refractivity contribution is 5.02. The first-order chi connectivity index (χ1) is 7.79. The number of hydrogen-bond donors (Lipinski definition) is 2. The molecule has 0 fully saturated rings. The molecule has 0 amide bonds. The number of rotatable bonds is 9. The summed E-state index contributed by atoms with van der Waals surface area (Å²) in [5, 5.41) is 3.46. The molecular weight excluding hydrogens is 196 g/mol. The maximum absolute atomic E-state index is 3.46. The maximum Gasteiger partial charge on any atom is 0.0357 e. The molecule has 0 spiro atoms. The van der Waals surface area contributed by atoms with Crippen molar-refractivity contribution in [2.75, 3.05) is 6.54 Å². The van der Waals surface area contributed by atoms with Crippen molar-refractivity contribution >= 4 is 0 Å². The van der Waals surface area contributed by atoms with Crippen molar-refractivity contribution in [3.63, 3.8) is 0 Å². The van der Waals surface area contributed by atoms with Gasteiger partial charge in [0.1, 0.15) is 0 Å². The second kappa shape index (κ2) is 8.40. The van der Waals surface area contributed by atoms with E-state index in [0.717, 1.165) is 19.0 Å². The summed E-state index contributed by atoms with van der Waals surface area (Å²) in [6.07, 6.45) is 8.82. The zero-order chi connectivity index (χ0) is 11.6. The fraction of sp³-hybridized carbons (Fsp3) is 0.714. The van der Waals surface area contributed by atoms with Crippen molar-refractivity contribution in [3.05, 3.63) is 24.0 Å². The van der Waals surface area contributed by atoms with Gasteiger partial charge in [0.15, 0.2) is 0 Å². The van der Waals surface area contributed by atoms with Gasteiger partial charge in [0.2, 0.25) is 0 Å². The Labute approximate surface area is 99.8 Å². The molecular formula is C14H26N2. The van der Waals surface area contributed by atoms with E-state index in [4.69, 9.17) is 0 Å². The number of aromatic amines is 1. The van der Waals surface area contributed by atoms with Crippen molar-refractivity contribution in [1.29, 1.82) is 0 Å². The van der Waals surface area contributed by atoms with E-state index in [1.807, 2.05) is 12.3 Å². The Morgan fingerprint density at radius 2 is 2.00 bits per heavy atom. The molecule has 1 heterocycles. The van der Waals surface area contributed by atoms with E-state index in [1.165, 1.54) is 37.8 Å². The third-order valence-electron chi connectivity index (χ3n) is 2.86. The summed E-state index contributed by atoms with van der Waals surface area (Å²) in [5.41, 5.74) is 1.28. The summed E-state index contributed by atoms with van der Waals surface area (Å²) in [6.45, 7) is 6.72. The smallest absolute Gasteiger partial charge is 0.0357 e. The van der Waals surface area contributed by atoms with Crippen molar-refractivity contribution in [2.24, 2.45) is 5.92 Å². The molecule has 2 nitrogen and oxygen atoms in total. The van der Waals surface area contributed by atoms with Gasteiger partial charge in [0.05, 0.1) is 0 Å². The monoisotopic (exact) mass is 222 g/mol. The minimum atomic E-state index is 0.867. The summed E-state index contributed by atoms with van der Waals surface area (Å²) < 4.78 is 0. The molecule has 92 valence electrons. The number of hydrogen-bond acceptors (Lipinski definition) is 1. The van der Waals surface area contributed by atoms with Gasteiger partial charge in [0.25, 0.3) is 0 Å². The van der Waals surface area contributed by atoms with Crippen LogP contribution in [0.3, 0.4) is 0 Å². The van der Waals surface area contributed by atoms with Crippen LogP contribution in [0.15, 0.2) is 18.3 Å². The molecule has 0 radical (unpaired) electrons. The second-order valence-corrected chi connectivity index (χ2v) is 4.97. The Balaban J connectivity index is 1.82. The van der Waals surface area contributed by atoms with E-state index in [9.17, 15) is 0 Å². The van der Waals surface area contributed by atoms with Gasteiger partial charge in [-0.15, -0.1) is 0 Å². The van der Waals surface area contributed by atoms with E-state index < -0.39 is 0 Å². The Morgan fingerprint density at radius 3 is 2.69 bits per heavy atom. The van der Waals surface area contributed by atoms with Crippen molar-refractivity contribution < 1.29 is 0 Å². The minimum absolute atomic E-state index is 0.867. The molecule has 1 rings (SSSR count). The van der Waals surface area contributed by atoms with Crippen LogP contribution >= 0.6 is 0 Å². The van der Waals surface area contributed by atoms with Gasteiger partial charge in [0, 0.05) is 18.4 Å². The molecule has 0 aliphatic rings. The quantitative estimate of drug-likeness (QED) is 0.612. The molecule has 2 heteroatoms. The number of H-pyrrole nitrogens is 1. The first kappa shape index (κ1) is 13.3. The topological polar surface area (TPSA) is 27.8 Å². The highest BCUT2D eigenvalue weighted by Gasteiger charge is 1.95. The summed E-state index contributed by atoms with van der Waals surface area (Å²) in [7, 11) is 0. The van der Waals surface area contributed by atoms with E-state index >= 15 is 0 Å². The fourth-order valence-electron chi connectivity index (χ4n) is 1.86. The Hall–Kier alpha value is -0.760. The largest absolute Gasteiger partial charge is 0.364 e. The Kier molecular flexibility index (Phi) is 6.98. The number of unbranched alkanes of at least 4 members (excludes halogenated alkanes) is 3. The van der Waals surface area contributed by atoms with Crippen LogP contribution in [0.2, 0.25) is 0 Å². The molecule has 0 bridgehead atoms. The van der Waals surface area contributed by atoms with Crippen LogP contribution in [0.5, 0.6) is 0 Å². The van der Waals surface area contributed by atoms with Crippen LogP contribution in [-0.2, 0) is 6.54 Å². The molecule has 1 aromatic rings. The van der Waals surface area contributed by atoms with Crippen LogP contribution in [0.1, 0.15) is 51.6 Å². The molecule has 1 aromatic heterocycles. The summed E-state index contributed by atoms with van der Waals surface area (Å²) in [6, 6.07) is 4.17. The maximum atomic E-state index is 3.46. The number of nitrogens with one attached hydrogen (secondary N) is 2. The van der Waals surface area contributed by atoms with E-state index in [2.05, 4.69) is 30.2 Å². The first-order valence-electron chi connectivity index (χ1n) is 6.62. The lowest BCUT2D eigenvalue weighted by Gasteiger charge is -2.05. The second-order valence-electron chi connectivity index (χ2n) is 4.97. The molecule has 0 aromatic carbocycles. The van der Waals surface area contributed by atoms with Crippen molar-refractivity contribution in [2.45, 2.75) is 52.5 Å². The molecule has 0 aliphatic carbocycles. The van der Waals surface area contributed by atoms with Crippen LogP contribution in [0, 0.1) is 5.92 Å². The Bertz CT molecular complexity index is 239. The van der Waals surface area contributed by atoms with E-state index in [-0.39, 0.29) is 0 Å². The lowest BCUT2D eigenvalue weighted by atomic mass is 10.0. The van der Waals surface area contributed by atoms with Gasteiger partial charge in [-0.05, 0) is 31.0 Å².